The molecule has 0 N–H and O–H groups in total. The SMILES string of the molecule is O=C(c1cc(C2CC2)nn1-c1ccccc1)N1CC[C@@H]2CCCC[C@H]2C1. The van der Waals surface area contributed by atoms with Gasteiger partial charge in [0.2, 0.25) is 0 Å². The Morgan fingerprint density at radius 1 is 0.962 bits per heavy atom. The van der Waals surface area contributed by atoms with Gasteiger partial charge in [0.05, 0.1) is 11.4 Å². The monoisotopic (exact) mass is 349 g/mol. The fourth-order valence-corrected chi connectivity index (χ4v) is 4.84. The van der Waals surface area contributed by atoms with Crippen LogP contribution in [0.15, 0.2) is 36.4 Å². The smallest absolute Gasteiger partial charge is 0.272 e. The molecule has 136 valence electrons. The molecule has 1 aromatic heterocycles. The summed E-state index contributed by atoms with van der Waals surface area (Å²) < 4.78 is 1.88. The molecule has 3 aliphatic rings. The number of hydrogen-bond donors (Lipinski definition) is 0. The lowest BCUT2D eigenvalue weighted by molar-refractivity contribution is 0.0512. The predicted molar refractivity (Wildman–Crippen MR) is 102 cm³/mol. The van der Waals surface area contributed by atoms with Gasteiger partial charge in [0.25, 0.3) is 5.91 Å². The lowest BCUT2D eigenvalue weighted by Crippen LogP contribution is -2.45. The van der Waals surface area contributed by atoms with E-state index in [-0.39, 0.29) is 5.91 Å². The van der Waals surface area contributed by atoms with Crippen LogP contribution in [0.3, 0.4) is 0 Å². The van der Waals surface area contributed by atoms with Gasteiger partial charge >= 0.3 is 0 Å². The molecule has 2 saturated carbocycles. The topological polar surface area (TPSA) is 38.1 Å². The maximum absolute atomic E-state index is 13.4. The van der Waals surface area contributed by atoms with Crippen LogP contribution in [0.25, 0.3) is 5.69 Å². The molecule has 2 aliphatic carbocycles. The van der Waals surface area contributed by atoms with Crippen molar-refractivity contribution < 1.29 is 4.79 Å². The molecule has 1 aliphatic heterocycles. The third kappa shape index (κ3) is 2.95. The number of carbonyl (C=O) groups is 1. The van der Waals surface area contributed by atoms with Gasteiger partial charge in [0, 0.05) is 19.0 Å². The van der Waals surface area contributed by atoms with Crippen molar-refractivity contribution in [3.05, 3.63) is 47.8 Å². The molecule has 1 saturated heterocycles. The van der Waals surface area contributed by atoms with Crippen LogP contribution in [0.1, 0.15) is 67.0 Å². The molecule has 5 rings (SSSR count). The fraction of sp³-hybridized carbons (Fsp3) is 0.545. The average molecular weight is 349 g/mol. The van der Waals surface area contributed by atoms with Crippen molar-refractivity contribution in [2.75, 3.05) is 13.1 Å². The van der Waals surface area contributed by atoms with Gasteiger partial charge in [0.1, 0.15) is 5.69 Å². The van der Waals surface area contributed by atoms with Crippen molar-refractivity contribution in [2.45, 2.75) is 50.9 Å². The first-order chi connectivity index (χ1) is 12.8. The Morgan fingerprint density at radius 3 is 2.50 bits per heavy atom. The molecule has 0 bridgehead atoms. The average Bonchev–Trinajstić information content (AvgIpc) is 3.46. The van der Waals surface area contributed by atoms with Crippen LogP contribution in [0, 0.1) is 11.8 Å². The maximum atomic E-state index is 13.4. The van der Waals surface area contributed by atoms with E-state index < -0.39 is 0 Å². The Bertz CT molecular complexity index is 793. The van der Waals surface area contributed by atoms with Gasteiger partial charge in [0.15, 0.2) is 0 Å². The third-order valence-corrected chi connectivity index (χ3v) is 6.52. The number of amides is 1. The lowest BCUT2D eigenvalue weighted by atomic mass is 9.75. The number of hydrogen-bond acceptors (Lipinski definition) is 2. The molecule has 4 heteroatoms. The fourth-order valence-electron chi connectivity index (χ4n) is 4.84. The number of piperidine rings is 1. The number of para-hydroxylation sites is 1. The van der Waals surface area contributed by atoms with Crippen LogP contribution in [-0.4, -0.2) is 33.7 Å². The highest BCUT2D eigenvalue weighted by Crippen LogP contribution is 2.40. The summed E-state index contributed by atoms with van der Waals surface area (Å²) in [6.45, 7) is 1.83. The van der Waals surface area contributed by atoms with Gasteiger partial charge in [-0.25, -0.2) is 4.68 Å². The van der Waals surface area contributed by atoms with E-state index in [1.165, 1.54) is 44.9 Å². The highest BCUT2D eigenvalue weighted by Gasteiger charge is 2.35. The molecule has 2 heterocycles. The maximum Gasteiger partial charge on any atom is 0.272 e. The number of rotatable bonds is 3. The number of fused-ring (bicyclic) bond motifs is 1. The molecule has 3 fully saturated rings. The van der Waals surface area contributed by atoms with Crippen LogP contribution in [-0.2, 0) is 0 Å². The van der Waals surface area contributed by atoms with Crippen LogP contribution >= 0.6 is 0 Å². The van der Waals surface area contributed by atoms with Gasteiger partial charge in [-0.3, -0.25) is 4.79 Å². The second kappa shape index (κ2) is 6.57. The van der Waals surface area contributed by atoms with E-state index in [1.54, 1.807) is 0 Å². The van der Waals surface area contributed by atoms with Gasteiger partial charge in [-0.1, -0.05) is 37.5 Å². The molecular formula is C22H27N3O. The quantitative estimate of drug-likeness (QED) is 0.823. The number of carbonyl (C=O) groups excluding carboxylic acids is 1. The van der Waals surface area contributed by atoms with Gasteiger partial charge in [-0.15, -0.1) is 0 Å². The zero-order valence-electron chi connectivity index (χ0n) is 15.3. The van der Waals surface area contributed by atoms with E-state index >= 15 is 0 Å². The molecule has 1 amide bonds. The minimum Gasteiger partial charge on any atom is -0.337 e. The summed E-state index contributed by atoms with van der Waals surface area (Å²) in [5.74, 6) is 2.26. The van der Waals surface area contributed by atoms with E-state index in [0.29, 0.717) is 11.8 Å². The van der Waals surface area contributed by atoms with Crippen molar-refractivity contribution in [3.8, 4) is 5.69 Å². The van der Waals surface area contributed by atoms with Crippen molar-refractivity contribution in [3.63, 3.8) is 0 Å². The number of likely N-dealkylation sites (tertiary alicyclic amines) is 1. The summed E-state index contributed by atoms with van der Waals surface area (Å²) in [6.07, 6.45) is 8.93. The van der Waals surface area contributed by atoms with Gasteiger partial charge in [-0.2, -0.15) is 5.10 Å². The van der Waals surface area contributed by atoms with Crippen molar-refractivity contribution >= 4 is 5.91 Å². The first-order valence-corrected chi connectivity index (χ1v) is 10.2. The molecule has 4 nitrogen and oxygen atoms in total. The summed E-state index contributed by atoms with van der Waals surface area (Å²) in [6, 6.07) is 12.1. The summed E-state index contributed by atoms with van der Waals surface area (Å²) in [7, 11) is 0. The molecule has 0 spiro atoms. The molecule has 0 unspecified atom stereocenters. The third-order valence-electron chi connectivity index (χ3n) is 6.52. The van der Waals surface area contributed by atoms with Crippen molar-refractivity contribution in [1.82, 2.24) is 14.7 Å². The highest BCUT2D eigenvalue weighted by molar-refractivity contribution is 5.93. The van der Waals surface area contributed by atoms with E-state index in [9.17, 15) is 4.79 Å². The summed E-state index contributed by atoms with van der Waals surface area (Å²) in [5, 5.41) is 4.81. The Hall–Kier alpha value is -2.10. The molecule has 1 aromatic carbocycles. The minimum atomic E-state index is 0.164. The van der Waals surface area contributed by atoms with Crippen LogP contribution in [0.5, 0.6) is 0 Å². The van der Waals surface area contributed by atoms with Crippen LogP contribution < -0.4 is 0 Å². The first-order valence-electron chi connectivity index (χ1n) is 10.2. The second-order valence-electron chi connectivity index (χ2n) is 8.32. The molecule has 0 radical (unpaired) electrons. The zero-order valence-corrected chi connectivity index (χ0v) is 15.3. The van der Waals surface area contributed by atoms with Gasteiger partial charge in [-0.05, 0) is 55.7 Å². The van der Waals surface area contributed by atoms with E-state index in [0.717, 1.165) is 36.1 Å². The Morgan fingerprint density at radius 2 is 1.73 bits per heavy atom. The predicted octanol–water partition coefficient (Wildman–Crippen LogP) is 4.40. The van der Waals surface area contributed by atoms with Gasteiger partial charge < -0.3 is 4.90 Å². The molecule has 26 heavy (non-hydrogen) atoms. The van der Waals surface area contributed by atoms with E-state index in [4.69, 9.17) is 5.10 Å². The number of benzene rings is 1. The Kier molecular flexibility index (Phi) is 4.07. The highest BCUT2D eigenvalue weighted by atomic mass is 16.2. The van der Waals surface area contributed by atoms with Crippen LogP contribution in [0.4, 0.5) is 0 Å². The minimum absolute atomic E-state index is 0.164. The standard InChI is InChI=1S/C22H27N3O/c26-22(24-13-12-16-6-4-5-7-18(16)15-24)21-14-20(17-10-11-17)23-25(21)19-8-2-1-3-9-19/h1-3,8-9,14,16-18H,4-7,10-13,15H2/t16-,18-/m0/s1. The number of aromatic nitrogens is 2. The van der Waals surface area contributed by atoms with Crippen molar-refractivity contribution in [2.24, 2.45) is 11.8 Å². The lowest BCUT2D eigenvalue weighted by Gasteiger charge is -2.41. The molecular weight excluding hydrogens is 322 g/mol. The molecule has 2 aromatic rings. The van der Waals surface area contributed by atoms with Crippen molar-refractivity contribution in [1.29, 1.82) is 0 Å². The number of nitrogens with zero attached hydrogens (tertiary/aromatic N) is 3. The second-order valence-corrected chi connectivity index (χ2v) is 8.32. The van der Waals surface area contributed by atoms with E-state index in [1.807, 2.05) is 35.0 Å². The zero-order chi connectivity index (χ0) is 17.5. The van der Waals surface area contributed by atoms with Crippen LogP contribution in [0.2, 0.25) is 0 Å². The largest absolute Gasteiger partial charge is 0.337 e. The van der Waals surface area contributed by atoms with E-state index in [2.05, 4.69) is 11.0 Å². The summed E-state index contributed by atoms with van der Waals surface area (Å²) >= 11 is 0. The first kappa shape index (κ1) is 16.1. The summed E-state index contributed by atoms with van der Waals surface area (Å²) in [5.41, 5.74) is 2.81. The normalized spacial score (nSPS) is 25.8. The summed E-state index contributed by atoms with van der Waals surface area (Å²) in [4.78, 5) is 15.5. The Labute approximate surface area is 155 Å². The Balaban J connectivity index is 1.44. The molecule has 2 atom stereocenters.